The summed E-state index contributed by atoms with van der Waals surface area (Å²) in [5.41, 5.74) is 5.09. The van der Waals surface area contributed by atoms with Crippen molar-refractivity contribution in [3.8, 4) is 0 Å². The van der Waals surface area contributed by atoms with E-state index in [1.165, 1.54) is 22.6 Å². The summed E-state index contributed by atoms with van der Waals surface area (Å²) in [7, 11) is 0. The van der Waals surface area contributed by atoms with Crippen LogP contribution >= 0.6 is 15.9 Å². The second kappa shape index (κ2) is 5.49. The Bertz CT molecular complexity index is 605. The lowest BCUT2D eigenvalue weighted by Gasteiger charge is -2.32. The van der Waals surface area contributed by atoms with Crippen LogP contribution in [0.1, 0.15) is 25.3 Å². The molecule has 1 heterocycles. The Hall–Kier alpha value is -1.48. The van der Waals surface area contributed by atoms with Crippen LogP contribution in [0.5, 0.6) is 0 Å². The number of hydrogen-bond donors (Lipinski definition) is 1. The van der Waals surface area contributed by atoms with Gasteiger partial charge in [-0.2, -0.15) is 0 Å². The Morgan fingerprint density at radius 3 is 2.55 bits per heavy atom. The van der Waals surface area contributed by atoms with Gasteiger partial charge in [0.2, 0.25) is 0 Å². The Morgan fingerprint density at radius 2 is 1.85 bits per heavy atom. The zero-order chi connectivity index (χ0) is 14.1. The summed E-state index contributed by atoms with van der Waals surface area (Å²) < 4.78 is 1.11. The molecule has 1 aliphatic rings. The molecule has 1 aliphatic heterocycles. The quantitative estimate of drug-likeness (QED) is 0.820. The second-order valence-corrected chi connectivity index (χ2v) is 6.40. The lowest BCUT2D eigenvalue weighted by atomic mass is 10.0. The van der Waals surface area contributed by atoms with Crippen LogP contribution in [0.3, 0.4) is 0 Å². The van der Waals surface area contributed by atoms with Gasteiger partial charge < -0.3 is 10.2 Å². The molecule has 0 fully saturated rings. The van der Waals surface area contributed by atoms with Crippen LogP contribution in [0.2, 0.25) is 0 Å². The lowest BCUT2D eigenvalue weighted by Crippen LogP contribution is -2.30. The normalized spacial score (nSPS) is 14.1. The highest BCUT2D eigenvalue weighted by Crippen LogP contribution is 2.36. The molecule has 3 heteroatoms. The average molecular weight is 331 g/mol. The summed E-state index contributed by atoms with van der Waals surface area (Å²) in [5.74, 6) is 0.577. The monoisotopic (exact) mass is 330 g/mol. The van der Waals surface area contributed by atoms with Crippen LogP contribution in [-0.2, 0) is 0 Å². The highest BCUT2D eigenvalue weighted by Gasteiger charge is 2.18. The van der Waals surface area contributed by atoms with E-state index in [0.29, 0.717) is 5.92 Å². The van der Waals surface area contributed by atoms with Gasteiger partial charge in [-0.25, -0.2) is 0 Å². The SMILES string of the molecule is CC(C)c1ccc(N2CCNc3ccc(Br)cc32)cc1. The molecule has 2 aromatic carbocycles. The van der Waals surface area contributed by atoms with Crippen molar-refractivity contribution < 1.29 is 0 Å². The van der Waals surface area contributed by atoms with E-state index in [1.807, 2.05) is 0 Å². The first-order valence-electron chi connectivity index (χ1n) is 7.06. The number of benzene rings is 2. The van der Waals surface area contributed by atoms with Crippen molar-refractivity contribution in [1.82, 2.24) is 0 Å². The zero-order valence-electron chi connectivity index (χ0n) is 11.9. The number of anilines is 3. The van der Waals surface area contributed by atoms with Crippen molar-refractivity contribution in [2.45, 2.75) is 19.8 Å². The summed E-state index contributed by atoms with van der Waals surface area (Å²) in [4.78, 5) is 2.38. The van der Waals surface area contributed by atoms with Crippen molar-refractivity contribution in [3.05, 3.63) is 52.5 Å². The number of nitrogens with zero attached hydrogens (tertiary/aromatic N) is 1. The molecule has 20 heavy (non-hydrogen) atoms. The van der Waals surface area contributed by atoms with E-state index < -0.39 is 0 Å². The van der Waals surface area contributed by atoms with Gasteiger partial charge in [0.25, 0.3) is 0 Å². The third-order valence-electron chi connectivity index (χ3n) is 3.77. The van der Waals surface area contributed by atoms with Crippen LogP contribution < -0.4 is 10.2 Å². The van der Waals surface area contributed by atoms with Gasteiger partial charge in [-0.15, -0.1) is 0 Å². The molecule has 2 nitrogen and oxygen atoms in total. The largest absolute Gasteiger partial charge is 0.382 e. The van der Waals surface area contributed by atoms with Crippen molar-refractivity contribution in [2.75, 3.05) is 23.3 Å². The predicted octanol–water partition coefficient (Wildman–Crippen LogP) is 5.14. The molecule has 0 atom stereocenters. The minimum Gasteiger partial charge on any atom is -0.382 e. The first-order valence-corrected chi connectivity index (χ1v) is 7.85. The van der Waals surface area contributed by atoms with E-state index in [0.717, 1.165) is 17.6 Å². The fourth-order valence-corrected chi connectivity index (χ4v) is 2.96. The fraction of sp³-hybridized carbons (Fsp3) is 0.294. The molecule has 0 aromatic heterocycles. The molecule has 0 aliphatic carbocycles. The molecule has 0 radical (unpaired) electrons. The topological polar surface area (TPSA) is 15.3 Å². The Morgan fingerprint density at radius 1 is 1.10 bits per heavy atom. The van der Waals surface area contributed by atoms with Gasteiger partial charge in [0.1, 0.15) is 0 Å². The first-order chi connectivity index (χ1) is 9.65. The summed E-state index contributed by atoms with van der Waals surface area (Å²) in [6.45, 7) is 6.42. The van der Waals surface area contributed by atoms with Gasteiger partial charge in [-0.05, 0) is 41.8 Å². The molecular weight excluding hydrogens is 312 g/mol. The number of hydrogen-bond acceptors (Lipinski definition) is 2. The molecular formula is C17H19BrN2. The molecule has 2 aromatic rings. The van der Waals surface area contributed by atoms with Crippen LogP contribution in [0.25, 0.3) is 0 Å². The smallest absolute Gasteiger partial charge is 0.0658 e. The minimum atomic E-state index is 0.577. The maximum absolute atomic E-state index is 3.57. The van der Waals surface area contributed by atoms with Crippen LogP contribution in [0, 0.1) is 0 Å². The highest BCUT2D eigenvalue weighted by atomic mass is 79.9. The van der Waals surface area contributed by atoms with Gasteiger partial charge >= 0.3 is 0 Å². The van der Waals surface area contributed by atoms with Crippen molar-refractivity contribution >= 4 is 33.0 Å². The fourth-order valence-electron chi connectivity index (χ4n) is 2.61. The Balaban J connectivity index is 1.97. The zero-order valence-corrected chi connectivity index (χ0v) is 13.4. The Labute approximate surface area is 128 Å². The van der Waals surface area contributed by atoms with Gasteiger partial charge in [0.05, 0.1) is 11.4 Å². The summed E-state index contributed by atoms with van der Waals surface area (Å²) in [6.07, 6.45) is 0. The molecule has 1 N–H and O–H groups in total. The molecule has 0 amide bonds. The maximum Gasteiger partial charge on any atom is 0.0658 e. The standard InChI is InChI=1S/C17H19BrN2/c1-12(2)13-3-6-15(7-4-13)20-10-9-19-16-8-5-14(18)11-17(16)20/h3-8,11-12,19H,9-10H2,1-2H3. The number of rotatable bonds is 2. The van der Waals surface area contributed by atoms with E-state index in [9.17, 15) is 0 Å². The van der Waals surface area contributed by atoms with E-state index >= 15 is 0 Å². The Kier molecular flexibility index (Phi) is 3.70. The molecule has 104 valence electrons. The van der Waals surface area contributed by atoms with Gasteiger partial charge in [0, 0.05) is 23.2 Å². The molecule has 0 saturated carbocycles. The maximum atomic E-state index is 3.57. The predicted molar refractivity (Wildman–Crippen MR) is 90.2 cm³/mol. The van der Waals surface area contributed by atoms with Crippen molar-refractivity contribution in [2.24, 2.45) is 0 Å². The van der Waals surface area contributed by atoms with Gasteiger partial charge in [0.15, 0.2) is 0 Å². The van der Waals surface area contributed by atoms with E-state index in [1.54, 1.807) is 0 Å². The second-order valence-electron chi connectivity index (χ2n) is 5.49. The molecule has 0 unspecified atom stereocenters. The average Bonchev–Trinajstić information content (AvgIpc) is 2.46. The van der Waals surface area contributed by atoms with Crippen LogP contribution in [0.15, 0.2) is 46.9 Å². The van der Waals surface area contributed by atoms with E-state index in [4.69, 9.17) is 0 Å². The molecule has 0 saturated heterocycles. The molecule has 3 rings (SSSR count). The summed E-state index contributed by atoms with van der Waals surface area (Å²) in [6, 6.07) is 15.3. The van der Waals surface area contributed by atoms with Crippen molar-refractivity contribution in [3.63, 3.8) is 0 Å². The number of halogens is 1. The number of fused-ring (bicyclic) bond motifs is 1. The third-order valence-corrected chi connectivity index (χ3v) is 4.27. The third kappa shape index (κ3) is 2.55. The number of nitrogens with one attached hydrogen (secondary N) is 1. The van der Waals surface area contributed by atoms with Crippen LogP contribution in [-0.4, -0.2) is 13.1 Å². The summed E-state index contributed by atoms with van der Waals surface area (Å²) >= 11 is 3.57. The van der Waals surface area contributed by atoms with Crippen LogP contribution in [0.4, 0.5) is 17.1 Å². The molecule has 0 bridgehead atoms. The van der Waals surface area contributed by atoms with E-state index in [2.05, 4.69) is 82.5 Å². The van der Waals surface area contributed by atoms with Gasteiger partial charge in [-0.1, -0.05) is 41.9 Å². The van der Waals surface area contributed by atoms with Crippen molar-refractivity contribution in [1.29, 1.82) is 0 Å². The lowest BCUT2D eigenvalue weighted by molar-refractivity contribution is 0.864. The highest BCUT2D eigenvalue weighted by molar-refractivity contribution is 9.10. The van der Waals surface area contributed by atoms with Gasteiger partial charge in [-0.3, -0.25) is 0 Å². The molecule has 0 spiro atoms. The van der Waals surface area contributed by atoms with E-state index in [-0.39, 0.29) is 0 Å². The first kappa shape index (κ1) is 13.5. The summed E-state index contributed by atoms with van der Waals surface area (Å²) in [5, 5.41) is 3.46. The minimum absolute atomic E-state index is 0.577.